The third-order valence-corrected chi connectivity index (χ3v) is 5.39. The second-order valence-corrected chi connectivity index (χ2v) is 7.54. The predicted molar refractivity (Wildman–Crippen MR) is 119 cm³/mol. The SMILES string of the molecule is N#Cc1ccc(OC2CCC(NC(=O)N(c3ccccc3)c3ccccc3)CC2)nc1. The van der Waals surface area contributed by atoms with Crippen LogP contribution in [0, 0.1) is 11.3 Å². The quantitative estimate of drug-likeness (QED) is 0.625. The molecule has 1 aliphatic rings. The lowest BCUT2D eigenvalue weighted by Gasteiger charge is -2.31. The maximum absolute atomic E-state index is 13.2. The van der Waals surface area contributed by atoms with E-state index in [4.69, 9.17) is 10.00 Å². The maximum atomic E-state index is 13.2. The van der Waals surface area contributed by atoms with Crippen LogP contribution in [0.4, 0.5) is 16.2 Å². The molecular weight excluding hydrogens is 388 g/mol. The van der Waals surface area contributed by atoms with E-state index in [-0.39, 0.29) is 18.2 Å². The monoisotopic (exact) mass is 412 g/mol. The average Bonchev–Trinajstić information content (AvgIpc) is 2.82. The molecule has 0 saturated heterocycles. The number of anilines is 2. The molecule has 0 radical (unpaired) electrons. The molecule has 1 saturated carbocycles. The third kappa shape index (κ3) is 5.20. The molecule has 6 nitrogen and oxygen atoms in total. The summed E-state index contributed by atoms with van der Waals surface area (Å²) in [6.07, 6.45) is 4.93. The van der Waals surface area contributed by atoms with Crippen LogP contribution in [0.5, 0.6) is 5.88 Å². The van der Waals surface area contributed by atoms with Crippen molar-refractivity contribution in [2.24, 2.45) is 0 Å². The van der Waals surface area contributed by atoms with Crippen molar-refractivity contribution in [3.05, 3.63) is 84.6 Å². The number of nitriles is 1. The summed E-state index contributed by atoms with van der Waals surface area (Å²) in [4.78, 5) is 19.1. The van der Waals surface area contributed by atoms with Gasteiger partial charge in [-0.15, -0.1) is 0 Å². The fourth-order valence-electron chi connectivity index (χ4n) is 3.79. The van der Waals surface area contributed by atoms with Crippen LogP contribution in [0.15, 0.2) is 79.0 Å². The minimum atomic E-state index is -0.129. The zero-order chi connectivity index (χ0) is 21.5. The first-order valence-corrected chi connectivity index (χ1v) is 10.5. The van der Waals surface area contributed by atoms with E-state index in [1.807, 2.05) is 60.7 Å². The topological polar surface area (TPSA) is 78.2 Å². The van der Waals surface area contributed by atoms with Gasteiger partial charge in [0, 0.05) is 18.3 Å². The van der Waals surface area contributed by atoms with E-state index >= 15 is 0 Å². The highest BCUT2D eigenvalue weighted by molar-refractivity contribution is 5.99. The summed E-state index contributed by atoms with van der Waals surface area (Å²) in [6.45, 7) is 0. The molecule has 156 valence electrons. The van der Waals surface area contributed by atoms with E-state index in [1.54, 1.807) is 17.0 Å². The number of pyridine rings is 1. The number of carbonyl (C=O) groups is 1. The van der Waals surface area contributed by atoms with Crippen molar-refractivity contribution < 1.29 is 9.53 Å². The summed E-state index contributed by atoms with van der Waals surface area (Å²) in [5, 5.41) is 12.1. The minimum Gasteiger partial charge on any atom is -0.474 e. The van der Waals surface area contributed by atoms with Gasteiger partial charge in [-0.05, 0) is 56.0 Å². The molecule has 1 heterocycles. The molecule has 3 aromatic rings. The van der Waals surface area contributed by atoms with Gasteiger partial charge in [-0.2, -0.15) is 5.26 Å². The number of hydrogen-bond donors (Lipinski definition) is 1. The molecule has 0 unspecified atom stereocenters. The summed E-state index contributed by atoms with van der Waals surface area (Å²) < 4.78 is 5.95. The molecule has 0 bridgehead atoms. The van der Waals surface area contributed by atoms with Crippen LogP contribution in [-0.2, 0) is 0 Å². The molecule has 4 rings (SSSR count). The molecule has 0 spiro atoms. The standard InChI is InChI=1S/C25H24N4O2/c26-17-19-11-16-24(27-18-19)31-23-14-12-20(13-15-23)28-25(30)29(21-7-3-1-4-8-21)22-9-5-2-6-10-22/h1-11,16,18,20,23H,12-15H2,(H,28,30). The summed E-state index contributed by atoms with van der Waals surface area (Å²) in [5.41, 5.74) is 2.17. The Labute approximate surface area is 182 Å². The van der Waals surface area contributed by atoms with Gasteiger partial charge in [-0.25, -0.2) is 9.78 Å². The van der Waals surface area contributed by atoms with Crippen molar-refractivity contribution >= 4 is 17.4 Å². The average molecular weight is 412 g/mol. The number of para-hydroxylation sites is 2. The fraction of sp³-hybridized carbons (Fsp3) is 0.240. The van der Waals surface area contributed by atoms with Gasteiger partial charge in [0.2, 0.25) is 5.88 Å². The van der Waals surface area contributed by atoms with E-state index in [0.717, 1.165) is 37.1 Å². The Morgan fingerprint density at radius 3 is 2.06 bits per heavy atom. The van der Waals surface area contributed by atoms with Gasteiger partial charge in [-0.1, -0.05) is 36.4 Å². The summed E-state index contributed by atoms with van der Waals surface area (Å²) in [5.74, 6) is 0.533. The van der Waals surface area contributed by atoms with Crippen LogP contribution in [0.1, 0.15) is 31.2 Å². The molecule has 2 amide bonds. The van der Waals surface area contributed by atoms with Gasteiger partial charge in [-0.3, -0.25) is 4.90 Å². The normalized spacial score (nSPS) is 17.9. The number of benzene rings is 2. The number of amides is 2. The number of aromatic nitrogens is 1. The highest BCUT2D eigenvalue weighted by Gasteiger charge is 2.26. The van der Waals surface area contributed by atoms with Gasteiger partial charge in [0.25, 0.3) is 0 Å². The number of urea groups is 1. The molecule has 31 heavy (non-hydrogen) atoms. The molecule has 0 atom stereocenters. The molecule has 1 N–H and O–H groups in total. The highest BCUT2D eigenvalue weighted by Crippen LogP contribution is 2.27. The Kier molecular flexibility index (Phi) is 6.44. The maximum Gasteiger partial charge on any atom is 0.326 e. The first-order chi connectivity index (χ1) is 15.2. The Morgan fingerprint density at radius 1 is 0.935 bits per heavy atom. The zero-order valence-electron chi connectivity index (χ0n) is 17.1. The van der Waals surface area contributed by atoms with Crippen LogP contribution in [0.2, 0.25) is 0 Å². The number of carbonyl (C=O) groups excluding carboxylic acids is 1. The highest BCUT2D eigenvalue weighted by atomic mass is 16.5. The Hall–Kier alpha value is -3.85. The number of hydrogen-bond acceptors (Lipinski definition) is 4. The number of rotatable bonds is 5. The Bertz CT molecular complexity index is 985. The molecule has 6 heteroatoms. The fourth-order valence-corrected chi connectivity index (χ4v) is 3.79. The van der Waals surface area contributed by atoms with Crippen molar-refractivity contribution in [2.75, 3.05) is 4.90 Å². The van der Waals surface area contributed by atoms with Crippen molar-refractivity contribution in [1.29, 1.82) is 5.26 Å². The lowest BCUT2D eigenvalue weighted by molar-refractivity contribution is 0.135. The lowest BCUT2D eigenvalue weighted by Crippen LogP contribution is -2.45. The first-order valence-electron chi connectivity index (χ1n) is 10.5. The number of nitrogens with zero attached hydrogens (tertiary/aromatic N) is 3. The molecular formula is C25H24N4O2. The van der Waals surface area contributed by atoms with E-state index in [2.05, 4.69) is 16.4 Å². The zero-order valence-corrected chi connectivity index (χ0v) is 17.1. The van der Waals surface area contributed by atoms with Crippen LogP contribution in [0.25, 0.3) is 0 Å². The van der Waals surface area contributed by atoms with Crippen molar-refractivity contribution in [3.8, 4) is 11.9 Å². The van der Waals surface area contributed by atoms with E-state index in [9.17, 15) is 4.79 Å². The van der Waals surface area contributed by atoms with Gasteiger partial charge < -0.3 is 10.1 Å². The minimum absolute atomic E-state index is 0.0629. The Balaban J connectivity index is 1.36. The first kappa shape index (κ1) is 20.4. The van der Waals surface area contributed by atoms with E-state index in [0.29, 0.717) is 11.4 Å². The van der Waals surface area contributed by atoms with Crippen LogP contribution >= 0.6 is 0 Å². The van der Waals surface area contributed by atoms with E-state index < -0.39 is 0 Å². The Morgan fingerprint density at radius 2 is 1.55 bits per heavy atom. The van der Waals surface area contributed by atoms with Crippen LogP contribution in [0.3, 0.4) is 0 Å². The summed E-state index contributed by atoms with van der Waals surface area (Å²) >= 11 is 0. The molecule has 1 aromatic heterocycles. The summed E-state index contributed by atoms with van der Waals surface area (Å²) in [7, 11) is 0. The smallest absolute Gasteiger partial charge is 0.326 e. The predicted octanol–water partition coefficient (Wildman–Crippen LogP) is 5.19. The molecule has 1 aliphatic carbocycles. The van der Waals surface area contributed by atoms with E-state index in [1.165, 1.54) is 6.20 Å². The van der Waals surface area contributed by atoms with Crippen molar-refractivity contribution in [3.63, 3.8) is 0 Å². The van der Waals surface area contributed by atoms with Gasteiger partial charge in [0.15, 0.2) is 0 Å². The lowest BCUT2D eigenvalue weighted by atomic mass is 9.93. The van der Waals surface area contributed by atoms with Gasteiger partial charge in [0.05, 0.1) is 16.9 Å². The molecule has 2 aromatic carbocycles. The number of ether oxygens (including phenoxy) is 1. The molecule has 0 aliphatic heterocycles. The largest absolute Gasteiger partial charge is 0.474 e. The molecule has 1 fully saturated rings. The van der Waals surface area contributed by atoms with Gasteiger partial charge >= 0.3 is 6.03 Å². The summed E-state index contributed by atoms with van der Waals surface area (Å²) in [6, 6.07) is 24.8. The second-order valence-electron chi connectivity index (χ2n) is 7.54. The van der Waals surface area contributed by atoms with Crippen LogP contribution < -0.4 is 15.0 Å². The van der Waals surface area contributed by atoms with Crippen molar-refractivity contribution in [2.45, 2.75) is 37.8 Å². The van der Waals surface area contributed by atoms with Crippen LogP contribution in [-0.4, -0.2) is 23.2 Å². The number of nitrogens with one attached hydrogen (secondary N) is 1. The third-order valence-electron chi connectivity index (χ3n) is 5.39. The van der Waals surface area contributed by atoms with Crippen molar-refractivity contribution in [1.82, 2.24) is 10.3 Å². The second kappa shape index (κ2) is 9.77. The van der Waals surface area contributed by atoms with Gasteiger partial charge in [0.1, 0.15) is 12.2 Å².